The number of hydrogen-bond acceptors (Lipinski definition) is 5. The van der Waals surface area contributed by atoms with Crippen LogP contribution in [0, 0.1) is 0 Å². The molecule has 1 aromatic heterocycles. The van der Waals surface area contributed by atoms with Crippen LogP contribution in [0.25, 0.3) is 0 Å². The van der Waals surface area contributed by atoms with Gasteiger partial charge in [0, 0.05) is 12.5 Å². The largest absolute Gasteiger partial charge is 0.454 e. The Morgan fingerprint density at radius 3 is 3.05 bits per heavy atom. The fourth-order valence-corrected chi connectivity index (χ4v) is 2.23. The molecule has 0 spiro atoms. The van der Waals surface area contributed by atoms with Gasteiger partial charge in [0.25, 0.3) is 5.91 Å². The van der Waals surface area contributed by atoms with Crippen molar-refractivity contribution in [1.82, 2.24) is 20.5 Å². The zero-order chi connectivity index (χ0) is 14.2. The first-order valence-corrected chi connectivity index (χ1v) is 6.88. The number of fused-ring (bicyclic) bond motifs is 1. The summed E-state index contributed by atoms with van der Waals surface area (Å²) in [4.78, 5) is 16.2. The van der Waals surface area contributed by atoms with Crippen LogP contribution in [0.4, 0.5) is 0 Å². The molecule has 7 nitrogen and oxygen atoms in total. The van der Waals surface area contributed by atoms with Gasteiger partial charge in [-0.1, -0.05) is 6.07 Å². The number of carbonyl (C=O) groups excluding carboxylic acids is 1. The highest BCUT2D eigenvalue weighted by molar-refractivity contribution is 5.90. The average Bonchev–Trinajstić information content (AvgIpc) is 3.05. The van der Waals surface area contributed by atoms with Crippen molar-refractivity contribution in [1.29, 1.82) is 0 Å². The lowest BCUT2D eigenvalue weighted by atomic mass is 10.2. The fraction of sp³-hybridized carbons (Fsp3) is 0.357. The number of nitrogens with one attached hydrogen (secondary N) is 2. The first-order valence-electron chi connectivity index (χ1n) is 6.88. The van der Waals surface area contributed by atoms with Gasteiger partial charge in [-0.2, -0.15) is 0 Å². The smallest absolute Gasteiger partial charge is 0.291 e. The summed E-state index contributed by atoms with van der Waals surface area (Å²) in [5.41, 5.74) is 0.936. The summed E-state index contributed by atoms with van der Waals surface area (Å²) in [5, 5.41) is 9.58. The van der Waals surface area contributed by atoms with Crippen molar-refractivity contribution >= 4 is 5.91 Å². The Morgan fingerprint density at radius 1 is 1.33 bits per heavy atom. The van der Waals surface area contributed by atoms with E-state index in [-0.39, 0.29) is 18.5 Å². The second-order valence-corrected chi connectivity index (χ2v) is 5.19. The van der Waals surface area contributed by atoms with E-state index in [0.717, 1.165) is 30.0 Å². The molecule has 0 atom stereocenters. The average molecular weight is 286 g/mol. The normalized spacial score (nSPS) is 16.0. The third kappa shape index (κ3) is 2.42. The molecule has 2 aliphatic rings. The lowest BCUT2D eigenvalue weighted by molar-refractivity contribution is 0.0940. The monoisotopic (exact) mass is 286 g/mol. The summed E-state index contributed by atoms with van der Waals surface area (Å²) in [5.74, 6) is 2.60. The Kier molecular flexibility index (Phi) is 2.77. The molecule has 1 aromatic carbocycles. The molecule has 0 unspecified atom stereocenters. The van der Waals surface area contributed by atoms with Crippen LogP contribution in [0.1, 0.15) is 40.8 Å². The number of aromatic nitrogens is 3. The molecule has 21 heavy (non-hydrogen) atoms. The molecule has 0 bridgehead atoms. The van der Waals surface area contributed by atoms with Gasteiger partial charge in [0.1, 0.15) is 5.82 Å². The van der Waals surface area contributed by atoms with Crippen molar-refractivity contribution in [2.24, 2.45) is 0 Å². The van der Waals surface area contributed by atoms with Crippen LogP contribution in [0.2, 0.25) is 0 Å². The number of carbonyl (C=O) groups is 1. The molecular weight excluding hydrogens is 272 g/mol. The van der Waals surface area contributed by atoms with Crippen molar-refractivity contribution in [2.45, 2.75) is 25.3 Å². The molecular formula is C14H14N4O3. The Bertz CT molecular complexity index is 693. The summed E-state index contributed by atoms with van der Waals surface area (Å²) in [6, 6.07) is 5.58. The van der Waals surface area contributed by atoms with Crippen LogP contribution in [0.15, 0.2) is 18.2 Å². The predicted octanol–water partition coefficient (Wildman–Crippen LogP) is 1.34. The number of H-pyrrole nitrogens is 1. The molecule has 7 heteroatoms. The molecule has 2 N–H and O–H groups in total. The van der Waals surface area contributed by atoms with Gasteiger partial charge in [-0.25, -0.2) is 4.98 Å². The Morgan fingerprint density at radius 2 is 2.19 bits per heavy atom. The molecule has 108 valence electrons. The summed E-state index contributed by atoms with van der Waals surface area (Å²) < 4.78 is 10.5. The molecule has 0 saturated heterocycles. The van der Waals surface area contributed by atoms with Crippen LogP contribution in [0.5, 0.6) is 11.5 Å². The minimum absolute atomic E-state index is 0.192. The molecule has 1 saturated carbocycles. The van der Waals surface area contributed by atoms with Gasteiger partial charge in [-0.15, -0.1) is 5.10 Å². The second kappa shape index (κ2) is 4.76. The van der Waals surface area contributed by atoms with Gasteiger partial charge >= 0.3 is 0 Å². The third-order valence-corrected chi connectivity index (χ3v) is 3.56. The first-order chi connectivity index (χ1) is 10.3. The SMILES string of the molecule is O=C(NCc1ccc2c(c1)OCO2)c1n[nH]c(C2CC2)n1. The lowest BCUT2D eigenvalue weighted by Gasteiger charge is -2.04. The number of amides is 1. The minimum atomic E-state index is -0.282. The van der Waals surface area contributed by atoms with Crippen LogP contribution in [-0.2, 0) is 6.54 Å². The van der Waals surface area contributed by atoms with E-state index in [1.54, 1.807) is 0 Å². The maximum atomic E-state index is 12.0. The molecule has 2 aromatic rings. The van der Waals surface area contributed by atoms with E-state index in [4.69, 9.17) is 9.47 Å². The Balaban J connectivity index is 1.40. The summed E-state index contributed by atoms with van der Waals surface area (Å²) in [6.45, 7) is 0.634. The van der Waals surface area contributed by atoms with E-state index >= 15 is 0 Å². The van der Waals surface area contributed by atoms with E-state index in [0.29, 0.717) is 18.2 Å². The standard InChI is InChI=1S/C14H14N4O3/c19-14(13-16-12(17-18-13)9-2-3-9)15-6-8-1-4-10-11(5-8)21-7-20-10/h1,4-5,9H,2-3,6-7H2,(H,15,19)(H,16,17,18). The highest BCUT2D eigenvalue weighted by Gasteiger charge is 2.28. The van der Waals surface area contributed by atoms with Crippen molar-refractivity contribution in [3.8, 4) is 11.5 Å². The Labute approximate surface area is 120 Å². The van der Waals surface area contributed by atoms with Crippen LogP contribution >= 0.6 is 0 Å². The van der Waals surface area contributed by atoms with Crippen molar-refractivity contribution < 1.29 is 14.3 Å². The van der Waals surface area contributed by atoms with E-state index in [1.807, 2.05) is 18.2 Å². The number of ether oxygens (including phenoxy) is 2. The van der Waals surface area contributed by atoms with Gasteiger partial charge < -0.3 is 14.8 Å². The van der Waals surface area contributed by atoms with Gasteiger partial charge in [0.2, 0.25) is 12.6 Å². The topological polar surface area (TPSA) is 89.1 Å². The molecule has 1 aliphatic heterocycles. The number of nitrogens with zero attached hydrogens (tertiary/aromatic N) is 2. The van der Waals surface area contributed by atoms with Crippen LogP contribution in [-0.4, -0.2) is 27.9 Å². The minimum Gasteiger partial charge on any atom is -0.454 e. The van der Waals surface area contributed by atoms with Crippen LogP contribution in [0.3, 0.4) is 0 Å². The molecule has 1 amide bonds. The summed E-state index contributed by atoms with van der Waals surface area (Å²) in [7, 11) is 0. The molecule has 0 radical (unpaired) electrons. The molecule has 4 rings (SSSR count). The Hall–Kier alpha value is -2.57. The van der Waals surface area contributed by atoms with Crippen molar-refractivity contribution in [3.05, 3.63) is 35.4 Å². The number of rotatable bonds is 4. The number of aromatic amines is 1. The molecule has 1 fully saturated rings. The quantitative estimate of drug-likeness (QED) is 0.885. The zero-order valence-corrected chi connectivity index (χ0v) is 11.3. The fourth-order valence-electron chi connectivity index (χ4n) is 2.23. The van der Waals surface area contributed by atoms with E-state index in [2.05, 4.69) is 20.5 Å². The van der Waals surface area contributed by atoms with E-state index in [9.17, 15) is 4.79 Å². The van der Waals surface area contributed by atoms with Gasteiger partial charge in [-0.3, -0.25) is 9.89 Å². The van der Waals surface area contributed by atoms with Crippen molar-refractivity contribution in [2.75, 3.05) is 6.79 Å². The zero-order valence-electron chi connectivity index (χ0n) is 11.3. The van der Waals surface area contributed by atoms with E-state index < -0.39 is 0 Å². The third-order valence-electron chi connectivity index (χ3n) is 3.56. The van der Waals surface area contributed by atoms with Gasteiger partial charge in [0.15, 0.2) is 11.5 Å². The van der Waals surface area contributed by atoms with Gasteiger partial charge in [0.05, 0.1) is 0 Å². The molecule has 2 heterocycles. The van der Waals surface area contributed by atoms with Gasteiger partial charge in [-0.05, 0) is 30.5 Å². The van der Waals surface area contributed by atoms with Crippen LogP contribution < -0.4 is 14.8 Å². The first kappa shape index (κ1) is 12.2. The second-order valence-electron chi connectivity index (χ2n) is 5.19. The molecule has 1 aliphatic carbocycles. The highest BCUT2D eigenvalue weighted by Crippen LogP contribution is 2.37. The highest BCUT2D eigenvalue weighted by atomic mass is 16.7. The predicted molar refractivity (Wildman–Crippen MR) is 72.1 cm³/mol. The number of hydrogen-bond donors (Lipinski definition) is 2. The number of benzene rings is 1. The maximum Gasteiger partial charge on any atom is 0.291 e. The summed E-state index contributed by atoms with van der Waals surface area (Å²) >= 11 is 0. The summed E-state index contributed by atoms with van der Waals surface area (Å²) in [6.07, 6.45) is 2.24. The van der Waals surface area contributed by atoms with E-state index in [1.165, 1.54) is 0 Å². The maximum absolute atomic E-state index is 12.0. The lowest BCUT2D eigenvalue weighted by Crippen LogP contribution is -2.24. The van der Waals surface area contributed by atoms with Crippen molar-refractivity contribution in [3.63, 3.8) is 0 Å².